The van der Waals surface area contributed by atoms with Gasteiger partial charge in [-0.3, -0.25) is 4.79 Å². The van der Waals surface area contributed by atoms with Gasteiger partial charge in [-0.15, -0.1) is 0 Å². The van der Waals surface area contributed by atoms with Crippen LogP contribution in [0.15, 0.2) is 16.5 Å². The zero-order chi connectivity index (χ0) is 15.0. The third-order valence-electron chi connectivity index (χ3n) is 4.21. The summed E-state index contributed by atoms with van der Waals surface area (Å²) >= 11 is 5.93. The molecule has 1 N–H and O–H groups in total. The number of nitrogens with zero attached hydrogens (tertiary/aromatic N) is 1. The van der Waals surface area contributed by atoms with Crippen LogP contribution < -0.4 is 0 Å². The van der Waals surface area contributed by atoms with Crippen LogP contribution in [0, 0.1) is 11.2 Å². The van der Waals surface area contributed by atoms with Crippen LogP contribution in [0.25, 0.3) is 11.1 Å². The highest BCUT2D eigenvalue weighted by atomic mass is 35.5. The lowest BCUT2D eigenvalue weighted by atomic mass is 9.72. The predicted molar refractivity (Wildman–Crippen MR) is 75.8 cm³/mol. The van der Waals surface area contributed by atoms with Crippen molar-refractivity contribution < 1.29 is 18.7 Å². The molecule has 112 valence electrons. The van der Waals surface area contributed by atoms with E-state index in [1.165, 1.54) is 6.07 Å². The van der Waals surface area contributed by atoms with Gasteiger partial charge in [0, 0.05) is 12.5 Å². The van der Waals surface area contributed by atoms with Gasteiger partial charge in [0.15, 0.2) is 11.5 Å². The van der Waals surface area contributed by atoms with Crippen LogP contribution in [0.2, 0.25) is 5.02 Å². The zero-order valence-corrected chi connectivity index (χ0v) is 12.1. The zero-order valence-electron chi connectivity index (χ0n) is 11.4. The Labute approximate surface area is 125 Å². The van der Waals surface area contributed by atoms with Gasteiger partial charge in [0.05, 0.1) is 10.4 Å². The quantitative estimate of drug-likeness (QED) is 0.922. The molecule has 1 aromatic carbocycles. The van der Waals surface area contributed by atoms with Gasteiger partial charge in [-0.05, 0) is 18.9 Å². The molecule has 3 rings (SSSR count). The third-order valence-corrected chi connectivity index (χ3v) is 4.49. The molecule has 4 nitrogen and oxygen atoms in total. The molecular formula is C15H15ClFNO3. The largest absolute Gasteiger partial charge is 0.481 e. The van der Waals surface area contributed by atoms with Gasteiger partial charge >= 0.3 is 5.97 Å². The number of carboxylic acids is 1. The van der Waals surface area contributed by atoms with E-state index in [4.69, 9.17) is 16.0 Å². The van der Waals surface area contributed by atoms with Crippen molar-refractivity contribution in [3.05, 3.63) is 28.9 Å². The Morgan fingerprint density at radius 3 is 2.76 bits per heavy atom. The molecule has 1 saturated carbocycles. The van der Waals surface area contributed by atoms with E-state index < -0.39 is 17.2 Å². The Hall–Kier alpha value is -1.62. The predicted octanol–water partition coefficient (Wildman–Crippen LogP) is 4.20. The molecule has 1 aliphatic carbocycles. The second-order valence-electron chi connectivity index (χ2n) is 5.67. The second-order valence-corrected chi connectivity index (χ2v) is 6.07. The third kappa shape index (κ3) is 2.62. The summed E-state index contributed by atoms with van der Waals surface area (Å²) in [4.78, 5) is 15.9. The molecule has 1 aromatic heterocycles. The van der Waals surface area contributed by atoms with Crippen molar-refractivity contribution >= 4 is 28.7 Å². The molecule has 0 atom stereocenters. The van der Waals surface area contributed by atoms with E-state index >= 15 is 0 Å². The molecule has 21 heavy (non-hydrogen) atoms. The first-order chi connectivity index (χ1) is 10.00. The van der Waals surface area contributed by atoms with Crippen LogP contribution in [0.4, 0.5) is 4.39 Å². The molecule has 1 fully saturated rings. The lowest BCUT2D eigenvalue weighted by Crippen LogP contribution is -2.35. The van der Waals surface area contributed by atoms with Gasteiger partial charge in [-0.2, -0.15) is 0 Å². The fraction of sp³-hybridized carbons (Fsp3) is 0.467. The fourth-order valence-electron chi connectivity index (χ4n) is 3.07. The number of carbonyl (C=O) groups is 1. The lowest BCUT2D eigenvalue weighted by Gasteiger charge is -2.31. The van der Waals surface area contributed by atoms with Crippen LogP contribution >= 0.6 is 11.6 Å². The van der Waals surface area contributed by atoms with E-state index in [-0.39, 0.29) is 11.4 Å². The molecule has 0 unspecified atom stereocenters. The second kappa shape index (κ2) is 5.30. The average molecular weight is 312 g/mol. The van der Waals surface area contributed by atoms with Gasteiger partial charge < -0.3 is 9.52 Å². The molecule has 1 aliphatic rings. The number of halogens is 2. The Kier molecular flexibility index (Phi) is 3.61. The molecule has 0 aliphatic heterocycles. The van der Waals surface area contributed by atoms with E-state index in [0.29, 0.717) is 29.8 Å². The van der Waals surface area contributed by atoms with E-state index in [9.17, 15) is 14.3 Å². The van der Waals surface area contributed by atoms with Crippen LogP contribution in [-0.4, -0.2) is 16.1 Å². The number of hydrogen-bond donors (Lipinski definition) is 1. The molecule has 0 bridgehead atoms. The van der Waals surface area contributed by atoms with Crippen LogP contribution in [0.1, 0.15) is 38.0 Å². The molecule has 2 aromatic rings. The molecule has 0 radical (unpaired) electrons. The summed E-state index contributed by atoms with van der Waals surface area (Å²) in [5.41, 5.74) is -0.194. The minimum atomic E-state index is -0.829. The summed E-state index contributed by atoms with van der Waals surface area (Å²) in [7, 11) is 0. The van der Waals surface area contributed by atoms with Crippen molar-refractivity contribution in [1.82, 2.24) is 4.98 Å². The minimum Gasteiger partial charge on any atom is -0.481 e. The molecule has 0 spiro atoms. The highest BCUT2D eigenvalue weighted by Crippen LogP contribution is 2.40. The maximum atomic E-state index is 13.3. The van der Waals surface area contributed by atoms with Crippen LogP contribution in [0.3, 0.4) is 0 Å². The molecule has 0 amide bonds. The smallest absolute Gasteiger partial charge is 0.310 e. The molecule has 0 saturated heterocycles. The number of fused-ring (bicyclic) bond motifs is 1. The summed E-state index contributed by atoms with van der Waals surface area (Å²) in [5.74, 6) is -0.999. The van der Waals surface area contributed by atoms with Crippen molar-refractivity contribution in [3.63, 3.8) is 0 Å². The maximum absolute atomic E-state index is 13.3. The lowest BCUT2D eigenvalue weighted by molar-refractivity contribution is -0.151. The van der Waals surface area contributed by atoms with Crippen molar-refractivity contribution in [3.8, 4) is 0 Å². The number of benzene rings is 1. The first kappa shape index (κ1) is 14.3. The number of rotatable bonds is 3. The summed E-state index contributed by atoms with van der Waals surface area (Å²) in [5, 5.41) is 9.72. The molecule has 1 heterocycles. The first-order valence-corrected chi connectivity index (χ1v) is 7.36. The average Bonchev–Trinajstić information content (AvgIpc) is 2.82. The fourth-order valence-corrected chi connectivity index (χ4v) is 3.31. The van der Waals surface area contributed by atoms with Crippen LogP contribution in [-0.2, 0) is 11.2 Å². The van der Waals surface area contributed by atoms with Gasteiger partial charge in [0.25, 0.3) is 0 Å². The Bertz CT molecular complexity index is 692. The molecular weight excluding hydrogens is 297 g/mol. The Morgan fingerprint density at radius 1 is 1.38 bits per heavy atom. The Balaban J connectivity index is 1.96. The van der Waals surface area contributed by atoms with Gasteiger partial charge in [-0.25, -0.2) is 9.37 Å². The van der Waals surface area contributed by atoms with Crippen molar-refractivity contribution in [2.45, 2.75) is 38.5 Å². The Morgan fingerprint density at radius 2 is 2.10 bits per heavy atom. The van der Waals surface area contributed by atoms with E-state index in [1.807, 2.05) is 0 Å². The standard InChI is InChI=1S/C15H15ClFNO3/c16-10-6-9(17)7-11-13(10)21-12(18-11)8-15(14(19)20)4-2-1-3-5-15/h6-7H,1-5,8H2,(H,19,20). The summed E-state index contributed by atoms with van der Waals surface area (Å²) in [6.45, 7) is 0. The number of oxazole rings is 1. The van der Waals surface area contributed by atoms with Crippen LogP contribution in [0.5, 0.6) is 0 Å². The number of aromatic nitrogens is 1. The topological polar surface area (TPSA) is 63.3 Å². The number of aliphatic carboxylic acids is 1. The summed E-state index contributed by atoms with van der Waals surface area (Å²) in [6.07, 6.45) is 4.28. The SMILES string of the molecule is O=C(O)C1(Cc2nc3cc(F)cc(Cl)c3o2)CCCCC1. The summed E-state index contributed by atoms with van der Waals surface area (Å²) < 4.78 is 18.9. The number of hydrogen-bond acceptors (Lipinski definition) is 3. The minimum absolute atomic E-state index is 0.150. The van der Waals surface area contributed by atoms with Crippen molar-refractivity contribution in [2.75, 3.05) is 0 Å². The van der Waals surface area contributed by atoms with Gasteiger partial charge in [0.1, 0.15) is 11.3 Å². The van der Waals surface area contributed by atoms with E-state index in [0.717, 1.165) is 25.3 Å². The maximum Gasteiger partial charge on any atom is 0.310 e. The van der Waals surface area contributed by atoms with E-state index in [1.54, 1.807) is 0 Å². The molecule has 6 heteroatoms. The van der Waals surface area contributed by atoms with Gasteiger partial charge in [0.2, 0.25) is 0 Å². The monoisotopic (exact) mass is 311 g/mol. The van der Waals surface area contributed by atoms with Crippen molar-refractivity contribution in [1.29, 1.82) is 0 Å². The highest BCUT2D eigenvalue weighted by Gasteiger charge is 2.41. The summed E-state index contributed by atoms with van der Waals surface area (Å²) in [6, 6.07) is 2.40. The van der Waals surface area contributed by atoms with E-state index in [2.05, 4.69) is 4.98 Å². The first-order valence-electron chi connectivity index (χ1n) is 6.98. The van der Waals surface area contributed by atoms with Crippen molar-refractivity contribution in [2.24, 2.45) is 5.41 Å². The highest BCUT2D eigenvalue weighted by molar-refractivity contribution is 6.34. The normalized spacial score (nSPS) is 18.0. The number of carboxylic acid groups (broad SMARTS) is 1. The van der Waals surface area contributed by atoms with Gasteiger partial charge in [-0.1, -0.05) is 30.9 Å².